The van der Waals surface area contributed by atoms with Gasteiger partial charge in [0.25, 0.3) is 11.5 Å². The molecule has 1 aliphatic rings. The van der Waals surface area contributed by atoms with Gasteiger partial charge in [-0.05, 0) is 74.7 Å². The normalized spacial score (nSPS) is 13.9. The van der Waals surface area contributed by atoms with Crippen LogP contribution in [0.2, 0.25) is 5.02 Å². The summed E-state index contributed by atoms with van der Waals surface area (Å²) in [5.41, 5.74) is 4.85. The lowest BCUT2D eigenvalue weighted by atomic mass is 9.98. The molecule has 1 saturated heterocycles. The Morgan fingerprint density at radius 1 is 1.13 bits per heavy atom. The Labute approximate surface area is 231 Å². The molecule has 0 saturated carbocycles. The maximum absolute atomic E-state index is 15.3. The number of hydrogen-bond acceptors (Lipinski definition) is 4. The molecule has 1 amide bonds. The predicted octanol–water partition coefficient (Wildman–Crippen LogP) is 5.75. The third-order valence-corrected chi connectivity index (χ3v) is 7.53. The third kappa shape index (κ3) is 5.31. The van der Waals surface area contributed by atoms with Crippen LogP contribution in [0.25, 0.3) is 22.0 Å². The number of aromatic amines is 1. The number of H-pyrrole nitrogens is 1. The summed E-state index contributed by atoms with van der Waals surface area (Å²) in [7, 11) is 0. The first-order valence-corrected chi connectivity index (χ1v) is 13.5. The van der Waals surface area contributed by atoms with Gasteiger partial charge in [0.2, 0.25) is 0 Å². The van der Waals surface area contributed by atoms with Gasteiger partial charge in [-0.2, -0.15) is 0 Å². The van der Waals surface area contributed by atoms with E-state index in [0.29, 0.717) is 64.7 Å². The van der Waals surface area contributed by atoms with Crippen molar-refractivity contribution >= 4 is 34.1 Å². The highest BCUT2D eigenvalue weighted by molar-refractivity contribution is 6.37. The highest BCUT2D eigenvalue weighted by Crippen LogP contribution is 2.36. The number of nitrogens with one attached hydrogen (secondary N) is 2. The molecular formula is C30H32ClFN4O3. The Hall–Kier alpha value is -3.62. The van der Waals surface area contributed by atoms with Gasteiger partial charge < -0.3 is 24.5 Å². The quantitative estimate of drug-likeness (QED) is 0.320. The lowest BCUT2D eigenvalue weighted by molar-refractivity contribution is 0.0952. The van der Waals surface area contributed by atoms with Crippen LogP contribution in [-0.2, 0) is 11.3 Å². The summed E-state index contributed by atoms with van der Waals surface area (Å²) < 4.78 is 22.7. The zero-order valence-electron chi connectivity index (χ0n) is 22.5. The number of ether oxygens (including phenoxy) is 1. The second kappa shape index (κ2) is 10.9. The van der Waals surface area contributed by atoms with E-state index in [1.807, 2.05) is 61.6 Å². The van der Waals surface area contributed by atoms with E-state index in [2.05, 4.69) is 10.3 Å². The number of carbonyl (C=O) groups is 1. The Morgan fingerprint density at radius 3 is 2.54 bits per heavy atom. The number of aromatic nitrogens is 2. The maximum Gasteiger partial charge on any atom is 0.253 e. The van der Waals surface area contributed by atoms with Crippen LogP contribution in [0, 0.1) is 19.7 Å². The van der Waals surface area contributed by atoms with E-state index < -0.39 is 0 Å². The standard InChI is InChI=1S/C30H32ClFN4O3/c1-17(2)36-16-24(31)28-22(29(37)33-15-23-18(3)11-19(4)34-30(23)38)12-21(14-27(28)36)20-5-6-26(25(32)13-20)35-7-9-39-10-8-35/h5-6,11-14,16-17H,7-10,15H2,1-4H3,(H,33,37)(H,34,38). The molecule has 2 aromatic heterocycles. The van der Waals surface area contributed by atoms with Crippen LogP contribution in [0.1, 0.15) is 47.1 Å². The van der Waals surface area contributed by atoms with Crippen molar-refractivity contribution in [3.05, 3.63) is 86.2 Å². The first kappa shape index (κ1) is 27.0. The zero-order valence-corrected chi connectivity index (χ0v) is 23.3. The minimum Gasteiger partial charge on any atom is -0.378 e. The molecule has 4 aromatic rings. The topological polar surface area (TPSA) is 79.4 Å². The number of morpholine rings is 1. The summed E-state index contributed by atoms with van der Waals surface area (Å²) in [6.45, 7) is 10.2. The molecule has 5 rings (SSSR count). The Balaban J connectivity index is 1.56. The maximum atomic E-state index is 15.3. The van der Waals surface area contributed by atoms with Crippen LogP contribution in [0.15, 0.2) is 47.4 Å². The molecule has 204 valence electrons. The van der Waals surface area contributed by atoms with Crippen molar-refractivity contribution in [2.24, 2.45) is 0 Å². The molecule has 0 spiro atoms. The van der Waals surface area contributed by atoms with Crippen LogP contribution < -0.4 is 15.8 Å². The third-order valence-electron chi connectivity index (χ3n) is 7.24. The summed E-state index contributed by atoms with van der Waals surface area (Å²) in [5, 5.41) is 3.97. The molecule has 0 bridgehead atoms. The Morgan fingerprint density at radius 2 is 1.87 bits per heavy atom. The number of pyridine rings is 1. The molecule has 0 radical (unpaired) electrons. The number of nitrogens with zero attached hydrogens (tertiary/aromatic N) is 2. The number of anilines is 1. The molecular weight excluding hydrogens is 519 g/mol. The minimum atomic E-state index is -0.366. The number of carbonyl (C=O) groups excluding carboxylic acids is 1. The molecule has 2 aromatic carbocycles. The first-order valence-electron chi connectivity index (χ1n) is 13.1. The largest absolute Gasteiger partial charge is 0.378 e. The highest BCUT2D eigenvalue weighted by atomic mass is 35.5. The number of fused-ring (bicyclic) bond motifs is 1. The van der Waals surface area contributed by atoms with Gasteiger partial charge in [0.05, 0.1) is 35.0 Å². The van der Waals surface area contributed by atoms with E-state index in [0.717, 1.165) is 16.8 Å². The molecule has 2 N–H and O–H groups in total. The molecule has 0 unspecified atom stereocenters. The first-order chi connectivity index (χ1) is 18.6. The summed E-state index contributed by atoms with van der Waals surface area (Å²) in [6, 6.07) is 10.8. The van der Waals surface area contributed by atoms with Crippen LogP contribution >= 0.6 is 11.6 Å². The molecule has 0 aliphatic carbocycles. The zero-order chi connectivity index (χ0) is 27.8. The Bertz CT molecular complexity index is 1620. The van der Waals surface area contributed by atoms with E-state index in [4.69, 9.17) is 16.3 Å². The average molecular weight is 551 g/mol. The summed E-state index contributed by atoms with van der Waals surface area (Å²) in [5.74, 6) is -0.693. The number of amides is 1. The Kier molecular flexibility index (Phi) is 7.51. The number of benzene rings is 2. The van der Waals surface area contributed by atoms with Crippen LogP contribution in [0.3, 0.4) is 0 Å². The van der Waals surface area contributed by atoms with E-state index in [9.17, 15) is 9.59 Å². The fourth-order valence-corrected chi connectivity index (χ4v) is 5.53. The van der Waals surface area contributed by atoms with Gasteiger partial charge >= 0.3 is 0 Å². The van der Waals surface area contributed by atoms with E-state index in [1.165, 1.54) is 6.07 Å². The van der Waals surface area contributed by atoms with E-state index in [-0.39, 0.29) is 29.9 Å². The SMILES string of the molecule is Cc1cc(C)c(CNC(=O)c2cc(-c3ccc(N4CCOCC4)c(F)c3)cc3c2c(Cl)cn3C(C)C)c(=O)[nH]1. The average Bonchev–Trinajstić information content (AvgIpc) is 3.24. The van der Waals surface area contributed by atoms with Crippen molar-refractivity contribution < 1.29 is 13.9 Å². The lowest BCUT2D eigenvalue weighted by Crippen LogP contribution is -2.36. The van der Waals surface area contributed by atoms with Crippen molar-refractivity contribution in [3.8, 4) is 11.1 Å². The van der Waals surface area contributed by atoms with Crippen molar-refractivity contribution in [1.29, 1.82) is 0 Å². The van der Waals surface area contributed by atoms with Crippen molar-refractivity contribution in [2.75, 3.05) is 31.2 Å². The number of aryl methyl sites for hydroxylation is 2. The minimum absolute atomic E-state index is 0.0668. The second-order valence-electron chi connectivity index (χ2n) is 10.3. The van der Waals surface area contributed by atoms with E-state index in [1.54, 1.807) is 12.1 Å². The van der Waals surface area contributed by atoms with Crippen molar-refractivity contribution in [3.63, 3.8) is 0 Å². The van der Waals surface area contributed by atoms with E-state index >= 15 is 4.39 Å². The molecule has 39 heavy (non-hydrogen) atoms. The molecule has 9 heteroatoms. The summed E-state index contributed by atoms with van der Waals surface area (Å²) >= 11 is 6.65. The number of halogens is 2. The summed E-state index contributed by atoms with van der Waals surface area (Å²) in [4.78, 5) is 30.8. The monoisotopic (exact) mass is 550 g/mol. The van der Waals surface area contributed by atoms with Gasteiger partial charge in [0, 0.05) is 48.5 Å². The van der Waals surface area contributed by atoms with Crippen molar-refractivity contribution in [1.82, 2.24) is 14.9 Å². The summed E-state index contributed by atoms with van der Waals surface area (Å²) in [6.07, 6.45) is 1.81. The lowest BCUT2D eigenvalue weighted by Gasteiger charge is -2.29. The smallest absolute Gasteiger partial charge is 0.253 e. The van der Waals surface area contributed by atoms with Gasteiger partial charge in [-0.15, -0.1) is 0 Å². The van der Waals surface area contributed by atoms with Gasteiger partial charge in [0.1, 0.15) is 5.82 Å². The number of hydrogen-bond donors (Lipinski definition) is 2. The fraction of sp³-hybridized carbons (Fsp3) is 0.333. The molecule has 0 atom stereocenters. The molecule has 1 aliphatic heterocycles. The molecule has 1 fully saturated rings. The number of rotatable bonds is 6. The predicted molar refractivity (Wildman–Crippen MR) is 153 cm³/mol. The van der Waals surface area contributed by atoms with Crippen molar-refractivity contribution in [2.45, 2.75) is 40.3 Å². The van der Waals surface area contributed by atoms with Crippen LogP contribution in [0.4, 0.5) is 10.1 Å². The van der Waals surface area contributed by atoms with Gasteiger partial charge in [-0.3, -0.25) is 9.59 Å². The molecule has 7 nitrogen and oxygen atoms in total. The fourth-order valence-electron chi connectivity index (χ4n) is 5.22. The van der Waals surface area contributed by atoms with Crippen LogP contribution in [-0.4, -0.2) is 41.8 Å². The van der Waals surface area contributed by atoms with Gasteiger partial charge in [0.15, 0.2) is 0 Å². The molecule has 3 heterocycles. The second-order valence-corrected chi connectivity index (χ2v) is 10.7. The van der Waals surface area contributed by atoms with Crippen LogP contribution in [0.5, 0.6) is 0 Å². The van der Waals surface area contributed by atoms with Gasteiger partial charge in [-0.1, -0.05) is 17.7 Å². The highest BCUT2D eigenvalue weighted by Gasteiger charge is 2.21. The van der Waals surface area contributed by atoms with Gasteiger partial charge in [-0.25, -0.2) is 4.39 Å².